The van der Waals surface area contributed by atoms with E-state index >= 15 is 0 Å². The van der Waals surface area contributed by atoms with Crippen molar-refractivity contribution in [3.63, 3.8) is 0 Å². The fourth-order valence-corrected chi connectivity index (χ4v) is 3.77. The van der Waals surface area contributed by atoms with Crippen molar-refractivity contribution in [2.24, 2.45) is 0 Å². The largest absolute Gasteiger partial charge is 0.493 e. The Kier molecular flexibility index (Phi) is 4.52. The molecule has 0 bridgehead atoms. The van der Waals surface area contributed by atoms with Crippen molar-refractivity contribution in [1.29, 1.82) is 0 Å². The fraction of sp³-hybridized carbons (Fsp3) is 0.308. The molecular formula is C13H16ClN3O4S. The molecule has 0 unspecified atom stereocenters. The van der Waals surface area contributed by atoms with E-state index in [1.54, 1.807) is 13.8 Å². The Labute approximate surface area is 133 Å². The number of ether oxygens (including phenoxy) is 2. The van der Waals surface area contributed by atoms with Crippen LogP contribution < -0.4 is 14.2 Å². The molecule has 22 heavy (non-hydrogen) atoms. The number of H-pyrrole nitrogens is 1. The Morgan fingerprint density at radius 3 is 2.27 bits per heavy atom. The second-order valence-electron chi connectivity index (χ2n) is 4.56. The van der Waals surface area contributed by atoms with Gasteiger partial charge in [-0.2, -0.15) is 5.10 Å². The number of nitrogens with one attached hydrogen (secondary N) is 2. The van der Waals surface area contributed by atoms with E-state index in [1.165, 1.54) is 26.4 Å². The topological polar surface area (TPSA) is 93.3 Å². The molecule has 0 saturated carbocycles. The fourth-order valence-electron chi connectivity index (χ4n) is 2.06. The Balaban J connectivity index is 2.46. The maximum Gasteiger partial charge on any atom is 0.265 e. The van der Waals surface area contributed by atoms with Crippen LogP contribution in [-0.2, 0) is 10.0 Å². The summed E-state index contributed by atoms with van der Waals surface area (Å²) >= 11 is 6.10. The van der Waals surface area contributed by atoms with Crippen LogP contribution in [0.4, 0.5) is 5.69 Å². The molecular weight excluding hydrogens is 330 g/mol. The van der Waals surface area contributed by atoms with Gasteiger partial charge in [0.2, 0.25) is 0 Å². The first-order chi connectivity index (χ1) is 10.3. The Bertz CT molecular complexity index is 782. The monoisotopic (exact) mass is 345 g/mol. The van der Waals surface area contributed by atoms with Crippen LogP contribution in [0.2, 0.25) is 5.02 Å². The van der Waals surface area contributed by atoms with Crippen molar-refractivity contribution in [2.75, 3.05) is 18.9 Å². The number of aryl methyl sites for hydroxylation is 2. The van der Waals surface area contributed by atoms with Crippen LogP contribution in [0.15, 0.2) is 17.0 Å². The van der Waals surface area contributed by atoms with Gasteiger partial charge in [0.15, 0.2) is 11.5 Å². The molecule has 120 valence electrons. The van der Waals surface area contributed by atoms with Crippen molar-refractivity contribution < 1.29 is 17.9 Å². The number of rotatable bonds is 5. The quantitative estimate of drug-likeness (QED) is 0.868. The van der Waals surface area contributed by atoms with Crippen molar-refractivity contribution in [3.05, 3.63) is 28.5 Å². The van der Waals surface area contributed by atoms with E-state index < -0.39 is 10.0 Å². The van der Waals surface area contributed by atoms with Gasteiger partial charge in [-0.05, 0) is 13.8 Å². The van der Waals surface area contributed by atoms with E-state index in [-0.39, 0.29) is 15.6 Å². The van der Waals surface area contributed by atoms with Gasteiger partial charge >= 0.3 is 0 Å². The highest BCUT2D eigenvalue weighted by molar-refractivity contribution is 7.92. The van der Waals surface area contributed by atoms with Gasteiger partial charge in [-0.25, -0.2) is 8.42 Å². The molecule has 1 heterocycles. The number of benzene rings is 1. The molecule has 0 aliphatic heterocycles. The lowest BCUT2D eigenvalue weighted by molar-refractivity contribution is 0.355. The van der Waals surface area contributed by atoms with E-state index in [2.05, 4.69) is 14.9 Å². The third kappa shape index (κ3) is 2.97. The van der Waals surface area contributed by atoms with E-state index in [4.69, 9.17) is 21.1 Å². The Morgan fingerprint density at radius 1 is 1.18 bits per heavy atom. The molecule has 0 amide bonds. The minimum Gasteiger partial charge on any atom is -0.493 e. The predicted octanol–water partition coefficient (Wildman–Crippen LogP) is 2.50. The number of halogens is 1. The lowest BCUT2D eigenvalue weighted by atomic mass is 10.3. The molecule has 0 fully saturated rings. The van der Waals surface area contributed by atoms with Crippen LogP contribution in [0.25, 0.3) is 0 Å². The first-order valence-electron chi connectivity index (χ1n) is 6.26. The summed E-state index contributed by atoms with van der Waals surface area (Å²) in [6.07, 6.45) is 0. The van der Waals surface area contributed by atoms with Gasteiger partial charge in [-0.3, -0.25) is 9.82 Å². The van der Waals surface area contributed by atoms with Crippen molar-refractivity contribution in [1.82, 2.24) is 10.2 Å². The number of nitrogens with zero attached hydrogens (tertiary/aromatic N) is 1. The zero-order valence-electron chi connectivity index (χ0n) is 12.5. The van der Waals surface area contributed by atoms with Crippen LogP contribution in [-0.4, -0.2) is 32.8 Å². The van der Waals surface area contributed by atoms with Gasteiger partial charge in [-0.15, -0.1) is 0 Å². The summed E-state index contributed by atoms with van der Waals surface area (Å²) in [7, 11) is -0.902. The van der Waals surface area contributed by atoms with E-state index in [1.807, 2.05) is 0 Å². The summed E-state index contributed by atoms with van der Waals surface area (Å²) in [5.41, 5.74) is 1.02. The molecule has 0 aliphatic rings. The van der Waals surface area contributed by atoms with Crippen LogP contribution in [0.1, 0.15) is 11.4 Å². The second-order valence-corrected chi connectivity index (χ2v) is 6.58. The summed E-state index contributed by atoms with van der Waals surface area (Å²) in [5, 5.41) is 6.72. The van der Waals surface area contributed by atoms with E-state index in [0.29, 0.717) is 22.9 Å². The summed E-state index contributed by atoms with van der Waals surface area (Å²) in [6.45, 7) is 3.24. The molecule has 2 rings (SSSR count). The van der Waals surface area contributed by atoms with Crippen LogP contribution in [0.5, 0.6) is 11.5 Å². The highest BCUT2D eigenvalue weighted by atomic mass is 35.5. The summed E-state index contributed by atoms with van der Waals surface area (Å²) in [6, 6.07) is 2.94. The number of aromatic amines is 1. The van der Waals surface area contributed by atoms with E-state index in [9.17, 15) is 8.42 Å². The standard InChI is InChI=1S/C13H16ClN3O4S/c1-7-13(8(2)16-15-7)22(18,19)17-10-6-12(21-4)11(20-3)5-9(10)14/h5-6,17H,1-4H3,(H,15,16). The zero-order chi connectivity index (χ0) is 16.5. The highest BCUT2D eigenvalue weighted by Crippen LogP contribution is 2.37. The maximum absolute atomic E-state index is 12.5. The van der Waals surface area contributed by atoms with Crippen LogP contribution >= 0.6 is 11.6 Å². The van der Waals surface area contributed by atoms with Gasteiger partial charge in [0.1, 0.15) is 4.90 Å². The van der Waals surface area contributed by atoms with Crippen molar-refractivity contribution in [2.45, 2.75) is 18.7 Å². The van der Waals surface area contributed by atoms with Crippen molar-refractivity contribution >= 4 is 27.3 Å². The minimum absolute atomic E-state index is 0.0957. The molecule has 9 heteroatoms. The molecule has 1 aromatic heterocycles. The third-order valence-corrected chi connectivity index (χ3v) is 4.99. The zero-order valence-corrected chi connectivity index (χ0v) is 14.1. The number of anilines is 1. The summed E-state index contributed by atoms with van der Waals surface area (Å²) in [5.74, 6) is 0.774. The third-order valence-electron chi connectivity index (χ3n) is 3.05. The molecule has 0 aliphatic carbocycles. The Morgan fingerprint density at radius 2 is 1.77 bits per heavy atom. The van der Waals surface area contributed by atoms with Gasteiger partial charge in [0.05, 0.1) is 36.3 Å². The van der Waals surface area contributed by atoms with Gasteiger partial charge in [-0.1, -0.05) is 11.6 Å². The smallest absolute Gasteiger partial charge is 0.265 e. The average molecular weight is 346 g/mol. The predicted molar refractivity (Wildman–Crippen MR) is 83.4 cm³/mol. The molecule has 7 nitrogen and oxygen atoms in total. The minimum atomic E-state index is -3.82. The molecule has 0 radical (unpaired) electrons. The number of aromatic nitrogens is 2. The number of sulfonamides is 1. The number of methoxy groups -OCH3 is 2. The molecule has 2 N–H and O–H groups in total. The summed E-state index contributed by atoms with van der Waals surface area (Å²) < 4.78 is 37.7. The highest BCUT2D eigenvalue weighted by Gasteiger charge is 2.24. The molecule has 0 atom stereocenters. The molecule has 1 aromatic carbocycles. The second kappa shape index (κ2) is 6.05. The van der Waals surface area contributed by atoms with Crippen LogP contribution in [0.3, 0.4) is 0 Å². The van der Waals surface area contributed by atoms with Gasteiger partial charge in [0, 0.05) is 12.1 Å². The molecule has 0 spiro atoms. The Hall–Kier alpha value is -1.93. The lowest BCUT2D eigenvalue weighted by Crippen LogP contribution is -2.15. The van der Waals surface area contributed by atoms with Gasteiger partial charge < -0.3 is 9.47 Å². The average Bonchev–Trinajstić information content (AvgIpc) is 2.80. The maximum atomic E-state index is 12.5. The van der Waals surface area contributed by atoms with Crippen molar-refractivity contribution in [3.8, 4) is 11.5 Å². The normalized spacial score (nSPS) is 11.3. The first kappa shape index (κ1) is 16.4. The number of hydrogen-bond acceptors (Lipinski definition) is 5. The molecule has 2 aromatic rings. The van der Waals surface area contributed by atoms with Crippen LogP contribution in [0, 0.1) is 13.8 Å². The van der Waals surface area contributed by atoms with Gasteiger partial charge in [0.25, 0.3) is 10.0 Å². The number of hydrogen-bond donors (Lipinski definition) is 2. The SMILES string of the molecule is COc1cc(Cl)c(NS(=O)(=O)c2c(C)n[nH]c2C)cc1OC. The summed E-state index contributed by atoms with van der Waals surface area (Å²) in [4.78, 5) is 0.0957. The van der Waals surface area contributed by atoms with E-state index in [0.717, 1.165) is 0 Å². The first-order valence-corrected chi connectivity index (χ1v) is 8.12. The lowest BCUT2D eigenvalue weighted by Gasteiger charge is -2.13. The molecule has 0 saturated heterocycles.